The van der Waals surface area contributed by atoms with Crippen molar-refractivity contribution in [2.24, 2.45) is 0 Å². The molecule has 1 aliphatic rings. The Hall–Kier alpha value is -0.980. The fourth-order valence-corrected chi connectivity index (χ4v) is 3.15. The monoisotopic (exact) mass is 281 g/mol. The zero-order valence-corrected chi connectivity index (χ0v) is 11.8. The summed E-state index contributed by atoms with van der Waals surface area (Å²) in [7, 11) is 0. The van der Waals surface area contributed by atoms with Crippen LogP contribution in [0.1, 0.15) is 17.7 Å². The van der Waals surface area contributed by atoms with Gasteiger partial charge in [0.1, 0.15) is 0 Å². The van der Waals surface area contributed by atoms with Crippen molar-refractivity contribution in [3.05, 3.63) is 21.1 Å². The van der Waals surface area contributed by atoms with Crippen molar-refractivity contribution in [1.29, 1.82) is 0 Å². The van der Waals surface area contributed by atoms with Gasteiger partial charge in [-0.3, -0.25) is 9.67 Å². The van der Waals surface area contributed by atoms with E-state index in [1.165, 1.54) is 4.88 Å². The molecule has 1 saturated heterocycles. The molecular weight excluding hydrogens is 266 g/mol. The van der Waals surface area contributed by atoms with E-state index in [4.69, 9.17) is 17.0 Å². The number of rotatable bonds is 3. The quantitative estimate of drug-likeness (QED) is 0.879. The van der Waals surface area contributed by atoms with Gasteiger partial charge in [-0.1, -0.05) is 0 Å². The van der Waals surface area contributed by atoms with Gasteiger partial charge in [-0.2, -0.15) is 5.10 Å². The smallest absolute Gasteiger partial charge is 0.195 e. The van der Waals surface area contributed by atoms with Gasteiger partial charge in [0, 0.05) is 22.4 Å². The lowest BCUT2D eigenvalue weighted by Crippen LogP contribution is -2.15. The van der Waals surface area contributed by atoms with Crippen LogP contribution in [0.25, 0.3) is 11.4 Å². The third kappa shape index (κ3) is 2.28. The minimum Gasteiger partial charge on any atom is -0.376 e. The lowest BCUT2D eigenvalue weighted by atomic mass is 10.2. The van der Waals surface area contributed by atoms with E-state index in [9.17, 15) is 0 Å². The Bertz CT molecular complexity index is 592. The second kappa shape index (κ2) is 4.95. The lowest BCUT2D eigenvalue weighted by molar-refractivity contribution is 0.0970. The summed E-state index contributed by atoms with van der Waals surface area (Å²) in [5, 5.41) is 9.34. The number of hydrogen-bond acceptors (Lipinski definition) is 4. The molecule has 2 aromatic rings. The Balaban J connectivity index is 1.93. The molecule has 1 N–H and O–H groups in total. The summed E-state index contributed by atoms with van der Waals surface area (Å²) in [5.74, 6) is 0.917. The van der Waals surface area contributed by atoms with E-state index < -0.39 is 0 Å². The maximum Gasteiger partial charge on any atom is 0.195 e. The van der Waals surface area contributed by atoms with Crippen LogP contribution in [0.4, 0.5) is 0 Å². The Morgan fingerprint density at radius 1 is 1.67 bits per heavy atom. The Kier molecular flexibility index (Phi) is 3.32. The van der Waals surface area contributed by atoms with E-state index in [0.717, 1.165) is 37.4 Å². The van der Waals surface area contributed by atoms with Crippen molar-refractivity contribution in [3.63, 3.8) is 0 Å². The van der Waals surface area contributed by atoms with Gasteiger partial charge in [-0.05, 0) is 38.0 Å². The number of aromatic amines is 1. The largest absolute Gasteiger partial charge is 0.376 e. The first-order valence-electron chi connectivity index (χ1n) is 6.06. The third-order valence-electron chi connectivity index (χ3n) is 3.16. The van der Waals surface area contributed by atoms with Crippen LogP contribution in [0.3, 0.4) is 0 Å². The molecule has 0 aromatic carbocycles. The zero-order chi connectivity index (χ0) is 12.5. The highest BCUT2D eigenvalue weighted by Crippen LogP contribution is 2.25. The van der Waals surface area contributed by atoms with Crippen LogP contribution < -0.4 is 0 Å². The zero-order valence-electron chi connectivity index (χ0n) is 10.2. The molecule has 3 heterocycles. The maximum absolute atomic E-state index is 5.67. The van der Waals surface area contributed by atoms with Crippen LogP contribution in [-0.4, -0.2) is 27.5 Å². The van der Waals surface area contributed by atoms with Crippen molar-refractivity contribution >= 4 is 23.6 Å². The number of ether oxygens (including phenoxy) is 1. The Morgan fingerprint density at radius 3 is 3.22 bits per heavy atom. The molecule has 4 nitrogen and oxygen atoms in total. The second-order valence-corrected chi connectivity index (χ2v) is 6.05. The predicted octanol–water partition coefficient (Wildman–Crippen LogP) is 3.16. The lowest BCUT2D eigenvalue weighted by Gasteiger charge is -2.11. The van der Waals surface area contributed by atoms with Crippen LogP contribution in [0.5, 0.6) is 0 Å². The van der Waals surface area contributed by atoms with E-state index in [1.54, 1.807) is 11.3 Å². The highest BCUT2D eigenvalue weighted by atomic mass is 32.1. The molecule has 2 aromatic heterocycles. The molecule has 0 spiro atoms. The van der Waals surface area contributed by atoms with Gasteiger partial charge in [0.2, 0.25) is 0 Å². The summed E-state index contributed by atoms with van der Waals surface area (Å²) in [4.78, 5) is 1.28. The van der Waals surface area contributed by atoms with Gasteiger partial charge in [0.25, 0.3) is 0 Å². The molecule has 96 valence electrons. The summed E-state index contributed by atoms with van der Waals surface area (Å²) >= 11 is 7.03. The first-order chi connectivity index (χ1) is 8.74. The molecule has 0 aliphatic carbocycles. The van der Waals surface area contributed by atoms with Crippen LogP contribution in [0, 0.1) is 11.7 Å². The molecule has 0 bridgehead atoms. The summed E-state index contributed by atoms with van der Waals surface area (Å²) in [6.45, 7) is 3.75. The normalized spacial score (nSPS) is 19.5. The summed E-state index contributed by atoms with van der Waals surface area (Å²) in [6.07, 6.45) is 2.52. The van der Waals surface area contributed by atoms with Crippen molar-refractivity contribution in [3.8, 4) is 11.4 Å². The third-order valence-corrected chi connectivity index (χ3v) is 4.33. The van der Waals surface area contributed by atoms with Gasteiger partial charge in [0.05, 0.1) is 12.6 Å². The molecular formula is C12H15N3OS2. The minimum absolute atomic E-state index is 0.271. The maximum atomic E-state index is 5.67. The van der Waals surface area contributed by atoms with Crippen LogP contribution in [-0.2, 0) is 11.3 Å². The molecule has 1 unspecified atom stereocenters. The van der Waals surface area contributed by atoms with Crippen molar-refractivity contribution in [1.82, 2.24) is 14.8 Å². The summed E-state index contributed by atoms with van der Waals surface area (Å²) < 4.78 is 8.39. The number of hydrogen-bond donors (Lipinski definition) is 1. The topological polar surface area (TPSA) is 42.8 Å². The van der Waals surface area contributed by atoms with Gasteiger partial charge in [0.15, 0.2) is 10.6 Å². The molecule has 1 aliphatic heterocycles. The summed E-state index contributed by atoms with van der Waals surface area (Å²) in [5.41, 5.74) is 1.13. The molecule has 0 saturated carbocycles. The predicted molar refractivity (Wildman–Crippen MR) is 74.4 cm³/mol. The summed E-state index contributed by atoms with van der Waals surface area (Å²) in [6, 6.07) is 2.14. The number of thiophene rings is 1. The van der Waals surface area contributed by atoms with E-state index in [-0.39, 0.29) is 6.10 Å². The number of nitrogens with one attached hydrogen (secondary N) is 1. The van der Waals surface area contributed by atoms with Gasteiger partial charge < -0.3 is 4.74 Å². The van der Waals surface area contributed by atoms with Gasteiger partial charge in [-0.25, -0.2) is 0 Å². The molecule has 0 amide bonds. The van der Waals surface area contributed by atoms with Crippen LogP contribution in [0.15, 0.2) is 11.4 Å². The minimum atomic E-state index is 0.271. The average Bonchev–Trinajstić information content (AvgIpc) is 3.04. The SMILES string of the molecule is Cc1cc(-c2n[nH]c(=S)n2CC2CCCO2)cs1. The van der Waals surface area contributed by atoms with Crippen molar-refractivity contribution in [2.45, 2.75) is 32.4 Å². The van der Waals surface area contributed by atoms with Crippen molar-refractivity contribution < 1.29 is 4.74 Å². The number of aryl methyl sites for hydroxylation is 1. The van der Waals surface area contributed by atoms with Gasteiger partial charge in [-0.15, -0.1) is 11.3 Å². The first kappa shape index (κ1) is 12.1. The standard InChI is InChI=1S/C12H15N3OS2/c1-8-5-9(7-18-8)11-13-14-12(17)15(11)6-10-3-2-4-16-10/h5,7,10H,2-4,6H2,1H3,(H,14,17). The molecule has 0 radical (unpaired) electrons. The molecule has 6 heteroatoms. The highest BCUT2D eigenvalue weighted by molar-refractivity contribution is 7.71. The number of nitrogens with zero attached hydrogens (tertiary/aromatic N) is 2. The van der Waals surface area contributed by atoms with E-state index in [0.29, 0.717) is 4.77 Å². The van der Waals surface area contributed by atoms with Gasteiger partial charge >= 0.3 is 0 Å². The fraction of sp³-hybridized carbons (Fsp3) is 0.500. The van der Waals surface area contributed by atoms with E-state index >= 15 is 0 Å². The number of H-pyrrole nitrogens is 1. The van der Waals surface area contributed by atoms with E-state index in [2.05, 4.69) is 28.6 Å². The Labute approximate surface area is 115 Å². The number of aromatic nitrogens is 3. The van der Waals surface area contributed by atoms with Crippen LogP contribution in [0.2, 0.25) is 0 Å². The van der Waals surface area contributed by atoms with Crippen molar-refractivity contribution in [2.75, 3.05) is 6.61 Å². The molecule has 18 heavy (non-hydrogen) atoms. The van der Waals surface area contributed by atoms with E-state index in [1.807, 2.05) is 4.57 Å². The first-order valence-corrected chi connectivity index (χ1v) is 7.35. The fourth-order valence-electron chi connectivity index (χ4n) is 2.26. The van der Waals surface area contributed by atoms with Crippen LogP contribution >= 0.6 is 23.6 Å². The average molecular weight is 281 g/mol. The highest BCUT2D eigenvalue weighted by Gasteiger charge is 2.19. The molecule has 1 fully saturated rings. The molecule has 3 rings (SSSR count). The second-order valence-electron chi connectivity index (χ2n) is 4.54. The Morgan fingerprint density at radius 2 is 2.56 bits per heavy atom. The molecule has 1 atom stereocenters.